The van der Waals surface area contributed by atoms with E-state index in [-0.39, 0.29) is 8.92 Å². The molecular weight excluding hydrogens is 377 g/mol. The number of aromatic nitrogens is 1. The molecule has 1 N–H and O–H groups in total. The normalized spacial score (nSPS) is 11.5. The van der Waals surface area contributed by atoms with Crippen molar-refractivity contribution in [2.75, 3.05) is 21.3 Å². The number of aromatic amines is 1. The Bertz CT molecular complexity index is 966. The summed E-state index contributed by atoms with van der Waals surface area (Å²) in [7, 11) is 4.38. The molecule has 0 saturated heterocycles. The van der Waals surface area contributed by atoms with E-state index in [2.05, 4.69) is 4.98 Å². The van der Waals surface area contributed by atoms with Gasteiger partial charge in [0, 0.05) is 0 Å². The van der Waals surface area contributed by atoms with Gasteiger partial charge in [0.2, 0.25) is 0 Å². The number of benzene rings is 2. The number of ether oxygens (including phenoxy) is 3. The van der Waals surface area contributed by atoms with Crippen molar-refractivity contribution in [1.82, 2.24) is 4.98 Å². The molecule has 0 bridgehead atoms. The van der Waals surface area contributed by atoms with Crippen LogP contribution in [0.3, 0.4) is 0 Å². The Labute approximate surface area is 141 Å². The van der Waals surface area contributed by atoms with Crippen molar-refractivity contribution in [1.29, 1.82) is 0 Å². The Morgan fingerprint density at radius 2 is 1.54 bits per heavy atom. The molecule has 3 aromatic rings. The number of rotatable bonds is 5. The van der Waals surface area contributed by atoms with Crippen molar-refractivity contribution in [3.05, 3.63) is 42.6 Å². The molecule has 0 saturated carbocycles. The van der Waals surface area contributed by atoms with Crippen molar-refractivity contribution in [2.45, 2.75) is 0 Å². The van der Waals surface area contributed by atoms with Gasteiger partial charge in [-0.1, -0.05) is 0 Å². The molecule has 3 rings (SSSR count). The standard InChI is InChI=1S/C17H17NO5Se/c1-21-14-8-11(9-15(22-2)17(14)23-3)24(19,20)16-10-18-13-7-5-4-6-12(13)16/h4-10,18H,1-3H3. The average molecular weight is 394 g/mol. The van der Waals surface area contributed by atoms with E-state index in [0.717, 1.165) is 5.52 Å². The van der Waals surface area contributed by atoms with E-state index < -0.39 is 12.7 Å². The Hall–Kier alpha value is -2.50. The third kappa shape index (κ3) is 2.52. The van der Waals surface area contributed by atoms with Gasteiger partial charge in [-0.05, 0) is 0 Å². The van der Waals surface area contributed by atoms with E-state index in [1.807, 2.05) is 18.2 Å². The van der Waals surface area contributed by atoms with Gasteiger partial charge >= 0.3 is 141 Å². The minimum absolute atomic E-state index is 0.144. The van der Waals surface area contributed by atoms with Gasteiger partial charge in [-0.25, -0.2) is 0 Å². The maximum absolute atomic E-state index is 13.1. The SMILES string of the molecule is COc1cc([Se](=O)(=O)c2c[nH]c3ccccc23)cc(OC)c1OC. The topological polar surface area (TPSA) is 77.6 Å². The van der Waals surface area contributed by atoms with E-state index in [0.29, 0.717) is 22.6 Å². The van der Waals surface area contributed by atoms with Gasteiger partial charge in [0.25, 0.3) is 0 Å². The quantitative estimate of drug-likeness (QED) is 0.666. The first-order valence-corrected chi connectivity index (χ1v) is 10.2. The first-order valence-electron chi connectivity index (χ1n) is 7.14. The number of para-hydroxylation sites is 1. The molecule has 1 heterocycles. The van der Waals surface area contributed by atoms with Crippen LogP contribution < -0.4 is 23.1 Å². The van der Waals surface area contributed by atoms with Gasteiger partial charge in [0.1, 0.15) is 0 Å². The number of fused-ring (bicyclic) bond motifs is 1. The fraction of sp³-hybridized carbons (Fsp3) is 0.176. The molecule has 0 aliphatic carbocycles. The molecule has 24 heavy (non-hydrogen) atoms. The molecule has 0 spiro atoms. The molecule has 126 valence electrons. The second-order valence-corrected chi connectivity index (χ2v) is 9.09. The van der Waals surface area contributed by atoms with Gasteiger partial charge in [0.05, 0.1) is 0 Å². The molecule has 7 heteroatoms. The van der Waals surface area contributed by atoms with Crippen molar-refractivity contribution in [3.8, 4) is 17.2 Å². The number of H-pyrrole nitrogens is 1. The second-order valence-electron chi connectivity index (χ2n) is 5.06. The third-order valence-corrected chi connectivity index (χ3v) is 7.51. The van der Waals surface area contributed by atoms with Gasteiger partial charge in [-0.2, -0.15) is 0 Å². The summed E-state index contributed by atoms with van der Waals surface area (Å²) < 4.78 is 42.5. The average Bonchev–Trinajstić information content (AvgIpc) is 3.05. The Balaban J connectivity index is 2.24. The number of methoxy groups -OCH3 is 3. The summed E-state index contributed by atoms with van der Waals surface area (Å²) in [6.45, 7) is 0. The zero-order valence-corrected chi connectivity index (χ0v) is 15.2. The van der Waals surface area contributed by atoms with Gasteiger partial charge in [-0.3, -0.25) is 0 Å². The summed E-state index contributed by atoms with van der Waals surface area (Å²) in [6.07, 6.45) is 1.52. The van der Waals surface area contributed by atoms with Gasteiger partial charge in [-0.15, -0.1) is 0 Å². The van der Waals surface area contributed by atoms with Gasteiger partial charge in [0.15, 0.2) is 0 Å². The van der Waals surface area contributed by atoms with Crippen LogP contribution in [-0.2, 0) is 7.67 Å². The van der Waals surface area contributed by atoms with E-state index in [1.165, 1.54) is 39.7 Å². The summed E-state index contributed by atoms with van der Waals surface area (Å²) in [5, 5.41) is 0.663. The molecule has 0 aliphatic heterocycles. The first kappa shape index (κ1) is 16.4. The zero-order valence-electron chi connectivity index (χ0n) is 13.5. The zero-order chi connectivity index (χ0) is 17.3. The van der Waals surface area contributed by atoms with E-state index in [9.17, 15) is 7.67 Å². The molecule has 0 atom stereocenters. The van der Waals surface area contributed by atoms with Crippen LogP contribution in [0.2, 0.25) is 0 Å². The van der Waals surface area contributed by atoms with Crippen LogP contribution in [0.4, 0.5) is 0 Å². The van der Waals surface area contributed by atoms with Crippen LogP contribution >= 0.6 is 0 Å². The molecule has 0 unspecified atom stereocenters. The fourth-order valence-corrected chi connectivity index (χ4v) is 5.67. The van der Waals surface area contributed by atoms with Crippen molar-refractivity contribution < 1.29 is 21.9 Å². The van der Waals surface area contributed by atoms with Crippen molar-refractivity contribution in [3.63, 3.8) is 0 Å². The van der Waals surface area contributed by atoms with Crippen LogP contribution in [0.25, 0.3) is 10.9 Å². The summed E-state index contributed by atoms with van der Waals surface area (Å²) in [6, 6.07) is 10.2. The summed E-state index contributed by atoms with van der Waals surface area (Å²) in [5.74, 6) is 0.968. The van der Waals surface area contributed by atoms with Crippen LogP contribution in [0, 0.1) is 0 Å². The van der Waals surface area contributed by atoms with Crippen molar-refractivity contribution >= 4 is 32.5 Å². The van der Waals surface area contributed by atoms with Crippen LogP contribution in [0.5, 0.6) is 17.2 Å². The van der Waals surface area contributed by atoms with E-state index in [1.54, 1.807) is 6.07 Å². The third-order valence-electron chi connectivity index (χ3n) is 3.79. The maximum atomic E-state index is 13.1. The van der Waals surface area contributed by atoms with E-state index in [4.69, 9.17) is 14.2 Å². The van der Waals surface area contributed by atoms with E-state index >= 15 is 0 Å². The van der Waals surface area contributed by atoms with Crippen LogP contribution in [-0.4, -0.2) is 39.0 Å². The predicted molar refractivity (Wildman–Crippen MR) is 90.8 cm³/mol. The Morgan fingerprint density at radius 3 is 2.12 bits per heavy atom. The minimum atomic E-state index is -4.66. The Kier molecular flexibility index (Phi) is 4.22. The predicted octanol–water partition coefficient (Wildman–Crippen LogP) is 1.61. The first-order chi connectivity index (χ1) is 11.5. The van der Waals surface area contributed by atoms with Gasteiger partial charge < -0.3 is 0 Å². The van der Waals surface area contributed by atoms with Crippen LogP contribution in [0.1, 0.15) is 0 Å². The number of nitrogens with one attached hydrogen (secondary N) is 1. The summed E-state index contributed by atoms with van der Waals surface area (Å²) in [5.41, 5.74) is 0.771. The number of hydrogen-bond donors (Lipinski definition) is 1. The molecular formula is C17H17NO5Se. The fourth-order valence-electron chi connectivity index (χ4n) is 2.61. The molecule has 1 aromatic heterocycles. The molecule has 0 aliphatic rings. The van der Waals surface area contributed by atoms with Crippen molar-refractivity contribution in [2.24, 2.45) is 0 Å². The molecule has 0 fully saturated rings. The molecule has 0 amide bonds. The molecule has 0 radical (unpaired) electrons. The summed E-state index contributed by atoms with van der Waals surface area (Å²) in [4.78, 5) is 3.00. The summed E-state index contributed by atoms with van der Waals surface area (Å²) >= 11 is -4.66. The Morgan fingerprint density at radius 1 is 0.917 bits per heavy atom. The number of hydrogen-bond acceptors (Lipinski definition) is 5. The molecule has 2 aromatic carbocycles. The van der Waals surface area contributed by atoms with Crippen LogP contribution in [0.15, 0.2) is 42.6 Å². The molecule has 6 nitrogen and oxygen atoms in total. The second kappa shape index (κ2) is 6.19. The monoisotopic (exact) mass is 395 g/mol.